The maximum absolute atomic E-state index is 4.22. The number of hydrogen-bond donors (Lipinski definition) is 2. The van der Waals surface area contributed by atoms with Crippen molar-refractivity contribution in [3.8, 4) is 0 Å². The van der Waals surface area contributed by atoms with Gasteiger partial charge < -0.3 is 10.2 Å². The molecule has 4 nitrogen and oxygen atoms in total. The Morgan fingerprint density at radius 1 is 1.50 bits per heavy atom. The molecular formula is C12H22N4. The minimum atomic E-state index is 0.537. The highest BCUT2D eigenvalue weighted by Crippen LogP contribution is 2.07. The Kier molecular flexibility index (Phi) is 3.96. The van der Waals surface area contributed by atoms with Gasteiger partial charge in [-0.2, -0.15) is 5.10 Å². The largest absolute Gasteiger partial charge is 0.307 e. The van der Waals surface area contributed by atoms with Crippen LogP contribution in [0.5, 0.6) is 0 Å². The summed E-state index contributed by atoms with van der Waals surface area (Å²) in [6.45, 7) is 8.84. The highest BCUT2D eigenvalue weighted by Gasteiger charge is 2.14. The second-order valence-electron chi connectivity index (χ2n) is 4.83. The lowest BCUT2D eigenvalue weighted by Crippen LogP contribution is -2.37. The van der Waals surface area contributed by atoms with E-state index < -0.39 is 0 Å². The fourth-order valence-electron chi connectivity index (χ4n) is 2.26. The quantitative estimate of drug-likeness (QED) is 0.789. The van der Waals surface area contributed by atoms with Gasteiger partial charge in [-0.25, -0.2) is 0 Å². The molecule has 0 amide bonds. The average molecular weight is 222 g/mol. The lowest BCUT2D eigenvalue weighted by molar-refractivity contribution is 0.298. The summed E-state index contributed by atoms with van der Waals surface area (Å²) in [6.07, 6.45) is 2.73. The van der Waals surface area contributed by atoms with Crippen LogP contribution in [0.2, 0.25) is 0 Å². The van der Waals surface area contributed by atoms with E-state index in [2.05, 4.69) is 33.4 Å². The molecule has 2 heterocycles. The smallest absolute Gasteiger partial charge is 0.0762 e. The van der Waals surface area contributed by atoms with Crippen LogP contribution in [0.15, 0.2) is 6.07 Å². The topological polar surface area (TPSA) is 44.0 Å². The first-order valence-electron chi connectivity index (χ1n) is 6.20. The van der Waals surface area contributed by atoms with Gasteiger partial charge in [-0.3, -0.25) is 5.10 Å². The monoisotopic (exact) mass is 222 g/mol. The molecule has 16 heavy (non-hydrogen) atoms. The Labute approximate surface area is 97.4 Å². The summed E-state index contributed by atoms with van der Waals surface area (Å²) in [5.41, 5.74) is 2.23. The van der Waals surface area contributed by atoms with Gasteiger partial charge in [0.2, 0.25) is 0 Å². The van der Waals surface area contributed by atoms with Gasteiger partial charge in [-0.15, -0.1) is 0 Å². The van der Waals surface area contributed by atoms with E-state index in [9.17, 15) is 0 Å². The summed E-state index contributed by atoms with van der Waals surface area (Å²) in [4.78, 5) is 2.54. The maximum Gasteiger partial charge on any atom is 0.0762 e. The summed E-state index contributed by atoms with van der Waals surface area (Å²) in [5.74, 6) is 0. The number of likely N-dealkylation sites (tertiary alicyclic amines) is 1. The minimum Gasteiger partial charge on any atom is -0.307 e. The highest BCUT2D eigenvalue weighted by molar-refractivity contribution is 5.06. The first-order valence-corrected chi connectivity index (χ1v) is 6.20. The van der Waals surface area contributed by atoms with Gasteiger partial charge in [0.15, 0.2) is 0 Å². The van der Waals surface area contributed by atoms with Crippen molar-refractivity contribution < 1.29 is 0 Å². The summed E-state index contributed by atoms with van der Waals surface area (Å²) in [6, 6.07) is 2.63. The summed E-state index contributed by atoms with van der Waals surface area (Å²) in [5, 5.41) is 10.7. The third-order valence-corrected chi connectivity index (χ3v) is 3.12. The second kappa shape index (κ2) is 5.46. The van der Waals surface area contributed by atoms with Crippen LogP contribution in [-0.2, 0) is 6.54 Å². The van der Waals surface area contributed by atoms with Crippen LogP contribution in [0, 0.1) is 6.92 Å². The summed E-state index contributed by atoms with van der Waals surface area (Å²) in [7, 11) is 0. The van der Waals surface area contributed by atoms with Crippen molar-refractivity contribution in [2.45, 2.75) is 39.3 Å². The number of hydrogen-bond acceptors (Lipinski definition) is 3. The van der Waals surface area contributed by atoms with Crippen molar-refractivity contribution in [2.75, 3.05) is 19.6 Å². The van der Waals surface area contributed by atoms with Crippen molar-refractivity contribution in [1.82, 2.24) is 20.4 Å². The minimum absolute atomic E-state index is 0.537. The first kappa shape index (κ1) is 11.6. The molecule has 1 aliphatic rings. The third kappa shape index (κ3) is 3.32. The van der Waals surface area contributed by atoms with E-state index in [0.717, 1.165) is 24.5 Å². The van der Waals surface area contributed by atoms with Gasteiger partial charge in [0, 0.05) is 24.8 Å². The van der Waals surface area contributed by atoms with Crippen molar-refractivity contribution >= 4 is 0 Å². The Balaban J connectivity index is 1.68. The predicted molar refractivity (Wildman–Crippen MR) is 65.3 cm³/mol. The Bertz CT molecular complexity index is 315. The lowest BCUT2D eigenvalue weighted by atomic mass is 10.3. The van der Waals surface area contributed by atoms with E-state index in [-0.39, 0.29) is 0 Å². The summed E-state index contributed by atoms with van der Waals surface area (Å²) >= 11 is 0. The van der Waals surface area contributed by atoms with E-state index in [1.165, 1.54) is 25.9 Å². The molecule has 0 aliphatic carbocycles. The molecule has 1 aromatic rings. The van der Waals surface area contributed by atoms with E-state index in [1.807, 2.05) is 6.92 Å². The molecule has 1 saturated heterocycles. The lowest BCUT2D eigenvalue weighted by Gasteiger charge is -2.20. The number of aromatic nitrogens is 2. The fraction of sp³-hybridized carbons (Fsp3) is 0.750. The average Bonchev–Trinajstić information content (AvgIpc) is 2.87. The number of rotatable bonds is 5. The van der Waals surface area contributed by atoms with Gasteiger partial charge in [-0.1, -0.05) is 0 Å². The molecule has 2 N–H and O–H groups in total. The van der Waals surface area contributed by atoms with Gasteiger partial charge in [0.25, 0.3) is 0 Å². The molecule has 0 aromatic carbocycles. The fourth-order valence-corrected chi connectivity index (χ4v) is 2.26. The Morgan fingerprint density at radius 2 is 2.25 bits per heavy atom. The van der Waals surface area contributed by atoms with Gasteiger partial charge in [0.05, 0.1) is 5.69 Å². The van der Waals surface area contributed by atoms with Gasteiger partial charge in [-0.05, 0) is 45.8 Å². The second-order valence-corrected chi connectivity index (χ2v) is 4.83. The van der Waals surface area contributed by atoms with E-state index in [1.54, 1.807) is 0 Å². The maximum atomic E-state index is 4.22. The zero-order chi connectivity index (χ0) is 11.4. The predicted octanol–water partition coefficient (Wildman–Crippen LogP) is 1.29. The van der Waals surface area contributed by atoms with Crippen LogP contribution in [0.4, 0.5) is 0 Å². The van der Waals surface area contributed by atoms with Gasteiger partial charge >= 0.3 is 0 Å². The van der Waals surface area contributed by atoms with Crippen LogP contribution in [0.25, 0.3) is 0 Å². The Hall–Kier alpha value is -0.870. The normalized spacial score (nSPS) is 19.1. The molecule has 4 heteroatoms. The van der Waals surface area contributed by atoms with Crippen molar-refractivity contribution in [1.29, 1.82) is 0 Å². The SMILES string of the molecule is Cc1cc(CNC(C)CN2CCCC2)n[nH]1. The molecule has 1 aliphatic heterocycles. The van der Waals surface area contributed by atoms with Crippen LogP contribution >= 0.6 is 0 Å². The molecule has 1 aromatic heterocycles. The molecule has 1 atom stereocenters. The number of H-pyrrole nitrogens is 1. The molecule has 0 bridgehead atoms. The Morgan fingerprint density at radius 3 is 2.88 bits per heavy atom. The first-order chi connectivity index (χ1) is 7.74. The van der Waals surface area contributed by atoms with Crippen molar-refractivity contribution in [2.24, 2.45) is 0 Å². The highest BCUT2D eigenvalue weighted by atomic mass is 15.2. The molecule has 0 spiro atoms. The number of aromatic amines is 1. The van der Waals surface area contributed by atoms with E-state index in [4.69, 9.17) is 0 Å². The van der Waals surface area contributed by atoms with Crippen molar-refractivity contribution in [3.63, 3.8) is 0 Å². The zero-order valence-corrected chi connectivity index (χ0v) is 10.3. The number of nitrogens with one attached hydrogen (secondary N) is 2. The number of nitrogens with zero attached hydrogens (tertiary/aromatic N) is 2. The standard InChI is InChI=1S/C12H22N4/c1-10-7-12(15-14-10)8-13-11(2)9-16-5-3-4-6-16/h7,11,13H,3-6,8-9H2,1-2H3,(H,14,15). The van der Waals surface area contributed by atoms with Crippen molar-refractivity contribution in [3.05, 3.63) is 17.5 Å². The molecule has 1 unspecified atom stereocenters. The van der Waals surface area contributed by atoms with Crippen LogP contribution < -0.4 is 5.32 Å². The molecule has 1 fully saturated rings. The van der Waals surface area contributed by atoms with Crippen LogP contribution in [0.1, 0.15) is 31.2 Å². The van der Waals surface area contributed by atoms with Gasteiger partial charge in [0.1, 0.15) is 0 Å². The number of aryl methyl sites for hydroxylation is 1. The van der Waals surface area contributed by atoms with Crippen LogP contribution in [-0.4, -0.2) is 40.8 Å². The molecule has 2 rings (SSSR count). The molecular weight excluding hydrogens is 200 g/mol. The molecule has 0 saturated carbocycles. The third-order valence-electron chi connectivity index (χ3n) is 3.12. The molecule has 0 radical (unpaired) electrons. The molecule has 90 valence electrons. The van der Waals surface area contributed by atoms with E-state index >= 15 is 0 Å². The summed E-state index contributed by atoms with van der Waals surface area (Å²) < 4.78 is 0. The van der Waals surface area contributed by atoms with Crippen LogP contribution in [0.3, 0.4) is 0 Å². The van der Waals surface area contributed by atoms with E-state index in [0.29, 0.717) is 6.04 Å². The zero-order valence-electron chi connectivity index (χ0n) is 10.3.